The summed E-state index contributed by atoms with van der Waals surface area (Å²) in [6.45, 7) is 0. The molecule has 0 saturated carbocycles. The van der Waals surface area contributed by atoms with Crippen LogP contribution in [0.5, 0.6) is 5.75 Å². The summed E-state index contributed by atoms with van der Waals surface area (Å²) in [4.78, 5) is 27.3. The molecule has 5 heteroatoms. The van der Waals surface area contributed by atoms with E-state index >= 15 is 0 Å². The number of phenolic OH excluding ortho intramolecular Hbond substituents is 1. The lowest BCUT2D eigenvalue weighted by molar-refractivity contribution is 0.0692. The first-order chi connectivity index (χ1) is 11.6. The van der Waals surface area contributed by atoms with Gasteiger partial charge >= 0.3 is 5.97 Å². The van der Waals surface area contributed by atoms with Crippen molar-refractivity contribution in [3.05, 3.63) is 77.4 Å². The topological polar surface area (TPSA) is 87.0 Å². The zero-order valence-electron chi connectivity index (χ0n) is 12.5. The number of carbonyl (C=O) groups is 2. The molecule has 0 atom stereocenters. The third-order valence-electron chi connectivity index (χ3n) is 3.65. The highest BCUT2D eigenvalue weighted by atomic mass is 16.4. The SMILES string of the molecule is O=C(O)c1ccccc1C(=O)N=Cc1c(O)ccc2ccccc12. The van der Waals surface area contributed by atoms with Gasteiger partial charge in [-0.15, -0.1) is 0 Å². The minimum atomic E-state index is -1.19. The normalized spacial score (nSPS) is 11.0. The second-order valence-corrected chi connectivity index (χ2v) is 5.13. The third-order valence-corrected chi connectivity index (χ3v) is 3.65. The van der Waals surface area contributed by atoms with Crippen LogP contribution in [0.3, 0.4) is 0 Å². The molecule has 0 radical (unpaired) electrons. The van der Waals surface area contributed by atoms with Gasteiger partial charge in [0.05, 0.1) is 11.1 Å². The van der Waals surface area contributed by atoms with Gasteiger partial charge in [0, 0.05) is 11.8 Å². The molecule has 0 spiro atoms. The fourth-order valence-corrected chi connectivity index (χ4v) is 2.47. The highest BCUT2D eigenvalue weighted by Crippen LogP contribution is 2.25. The summed E-state index contributed by atoms with van der Waals surface area (Å²) in [6, 6.07) is 16.6. The summed E-state index contributed by atoms with van der Waals surface area (Å²) in [6.07, 6.45) is 1.26. The zero-order chi connectivity index (χ0) is 17.1. The summed E-state index contributed by atoms with van der Waals surface area (Å²) in [5, 5.41) is 20.8. The number of carboxylic acids is 1. The summed E-state index contributed by atoms with van der Waals surface area (Å²) < 4.78 is 0. The third kappa shape index (κ3) is 2.87. The number of carbonyl (C=O) groups excluding carboxylic acids is 1. The molecule has 24 heavy (non-hydrogen) atoms. The van der Waals surface area contributed by atoms with Crippen molar-refractivity contribution in [1.82, 2.24) is 0 Å². The zero-order valence-corrected chi connectivity index (χ0v) is 12.5. The van der Waals surface area contributed by atoms with Gasteiger partial charge in [-0.25, -0.2) is 9.79 Å². The Morgan fingerprint density at radius 1 is 0.875 bits per heavy atom. The number of nitrogens with zero attached hydrogens (tertiary/aromatic N) is 1. The predicted octanol–water partition coefficient (Wildman–Crippen LogP) is 3.50. The van der Waals surface area contributed by atoms with Crippen LogP contribution in [0.4, 0.5) is 0 Å². The highest BCUT2D eigenvalue weighted by Gasteiger charge is 2.15. The van der Waals surface area contributed by atoms with Crippen LogP contribution in [0, 0.1) is 0 Å². The number of benzene rings is 3. The molecule has 0 heterocycles. The molecule has 5 nitrogen and oxygen atoms in total. The van der Waals surface area contributed by atoms with Crippen molar-refractivity contribution < 1.29 is 19.8 Å². The molecule has 0 aromatic heterocycles. The summed E-state index contributed by atoms with van der Waals surface area (Å²) in [5.41, 5.74) is 0.303. The maximum absolute atomic E-state index is 12.2. The van der Waals surface area contributed by atoms with E-state index in [1.54, 1.807) is 18.2 Å². The number of phenols is 1. The van der Waals surface area contributed by atoms with Crippen LogP contribution in [0.2, 0.25) is 0 Å². The number of fused-ring (bicyclic) bond motifs is 1. The smallest absolute Gasteiger partial charge is 0.336 e. The van der Waals surface area contributed by atoms with Crippen LogP contribution in [-0.4, -0.2) is 28.3 Å². The van der Waals surface area contributed by atoms with Crippen molar-refractivity contribution >= 4 is 28.9 Å². The van der Waals surface area contributed by atoms with Crippen LogP contribution in [0.1, 0.15) is 26.3 Å². The number of hydrogen-bond acceptors (Lipinski definition) is 3. The van der Waals surface area contributed by atoms with Crippen molar-refractivity contribution in [2.75, 3.05) is 0 Å². The Bertz CT molecular complexity index is 976. The number of rotatable bonds is 3. The minimum Gasteiger partial charge on any atom is -0.507 e. The lowest BCUT2D eigenvalue weighted by Gasteiger charge is -2.05. The van der Waals surface area contributed by atoms with Crippen molar-refractivity contribution in [2.45, 2.75) is 0 Å². The van der Waals surface area contributed by atoms with Crippen LogP contribution in [0.25, 0.3) is 10.8 Å². The van der Waals surface area contributed by atoms with E-state index in [0.717, 1.165) is 10.8 Å². The molecule has 3 aromatic carbocycles. The van der Waals surface area contributed by atoms with E-state index < -0.39 is 11.9 Å². The number of carboxylic acid groups (broad SMARTS) is 1. The average molecular weight is 319 g/mol. The fourth-order valence-electron chi connectivity index (χ4n) is 2.47. The monoisotopic (exact) mass is 319 g/mol. The Labute approximate surface area is 137 Å². The van der Waals surface area contributed by atoms with E-state index in [9.17, 15) is 14.7 Å². The van der Waals surface area contributed by atoms with E-state index in [4.69, 9.17) is 5.11 Å². The minimum absolute atomic E-state index is 0.000904. The molecular weight excluding hydrogens is 306 g/mol. The number of hydrogen-bond donors (Lipinski definition) is 2. The number of aromatic carboxylic acids is 1. The molecule has 0 fully saturated rings. The quantitative estimate of drug-likeness (QED) is 0.723. The van der Waals surface area contributed by atoms with E-state index in [1.165, 1.54) is 24.4 Å². The Hall–Kier alpha value is -3.47. The van der Waals surface area contributed by atoms with Crippen LogP contribution in [-0.2, 0) is 0 Å². The summed E-state index contributed by atoms with van der Waals surface area (Å²) in [7, 11) is 0. The molecular formula is C19H13NO4. The number of aromatic hydroxyl groups is 1. The lowest BCUT2D eigenvalue weighted by Crippen LogP contribution is -2.06. The highest BCUT2D eigenvalue weighted by molar-refractivity contribution is 6.11. The van der Waals surface area contributed by atoms with Gasteiger partial charge in [0.1, 0.15) is 5.75 Å². The van der Waals surface area contributed by atoms with Gasteiger partial charge in [-0.3, -0.25) is 4.79 Å². The maximum Gasteiger partial charge on any atom is 0.336 e. The first-order valence-electron chi connectivity index (χ1n) is 7.19. The maximum atomic E-state index is 12.2. The Kier molecular flexibility index (Phi) is 4.07. The number of amides is 1. The second kappa shape index (κ2) is 6.34. The van der Waals surface area contributed by atoms with Crippen molar-refractivity contribution in [3.8, 4) is 5.75 Å². The van der Waals surface area contributed by atoms with Gasteiger partial charge in [0.25, 0.3) is 5.91 Å². The molecule has 118 valence electrons. The largest absolute Gasteiger partial charge is 0.507 e. The first-order valence-corrected chi connectivity index (χ1v) is 7.19. The Morgan fingerprint density at radius 2 is 1.54 bits per heavy atom. The second-order valence-electron chi connectivity index (χ2n) is 5.13. The molecule has 0 saturated heterocycles. The summed E-state index contributed by atoms with van der Waals surface area (Å²) in [5.74, 6) is -1.88. The molecule has 3 rings (SSSR count). The van der Waals surface area contributed by atoms with Gasteiger partial charge in [0.15, 0.2) is 0 Å². The van der Waals surface area contributed by atoms with Gasteiger partial charge in [0.2, 0.25) is 0 Å². The Balaban J connectivity index is 2.02. The lowest BCUT2D eigenvalue weighted by atomic mass is 10.0. The summed E-state index contributed by atoms with van der Waals surface area (Å²) >= 11 is 0. The van der Waals surface area contributed by atoms with Gasteiger partial charge in [-0.1, -0.05) is 42.5 Å². The standard InChI is InChI=1S/C19H13NO4/c21-17-10-9-12-5-1-2-6-13(12)16(17)11-20-18(22)14-7-3-4-8-15(14)19(23)24/h1-11,21H,(H,23,24). The van der Waals surface area contributed by atoms with Crippen LogP contribution in [0.15, 0.2) is 65.7 Å². The van der Waals surface area contributed by atoms with Crippen LogP contribution >= 0.6 is 0 Å². The van der Waals surface area contributed by atoms with Crippen molar-refractivity contribution in [3.63, 3.8) is 0 Å². The first kappa shape index (κ1) is 15.4. The molecule has 2 N–H and O–H groups in total. The Morgan fingerprint density at radius 3 is 2.29 bits per heavy atom. The van der Waals surface area contributed by atoms with Gasteiger partial charge in [-0.05, 0) is 29.0 Å². The van der Waals surface area contributed by atoms with E-state index in [1.807, 2.05) is 24.3 Å². The van der Waals surface area contributed by atoms with E-state index in [2.05, 4.69) is 4.99 Å². The molecule has 0 aliphatic heterocycles. The van der Waals surface area contributed by atoms with Crippen LogP contribution < -0.4 is 0 Å². The predicted molar refractivity (Wildman–Crippen MR) is 90.9 cm³/mol. The van der Waals surface area contributed by atoms with Crippen molar-refractivity contribution in [2.24, 2.45) is 4.99 Å². The van der Waals surface area contributed by atoms with Gasteiger partial charge < -0.3 is 10.2 Å². The number of aliphatic imine (C=N–C) groups is 1. The molecule has 0 bridgehead atoms. The average Bonchev–Trinajstić information content (AvgIpc) is 2.60. The molecule has 0 aliphatic carbocycles. The molecule has 3 aromatic rings. The molecule has 0 aliphatic rings. The van der Waals surface area contributed by atoms with Crippen molar-refractivity contribution in [1.29, 1.82) is 0 Å². The molecule has 0 unspecified atom stereocenters. The fraction of sp³-hybridized carbons (Fsp3) is 0. The van der Waals surface area contributed by atoms with Gasteiger partial charge in [-0.2, -0.15) is 0 Å². The van der Waals surface area contributed by atoms with E-state index in [0.29, 0.717) is 5.56 Å². The van der Waals surface area contributed by atoms with E-state index in [-0.39, 0.29) is 16.9 Å². The molecule has 1 amide bonds.